The Labute approximate surface area is 451 Å². The van der Waals surface area contributed by atoms with Gasteiger partial charge in [-0.05, 0) is 206 Å². The van der Waals surface area contributed by atoms with Crippen LogP contribution in [0, 0.1) is 11.8 Å². The molecule has 2 unspecified atom stereocenters. The van der Waals surface area contributed by atoms with Crippen LogP contribution in [0.15, 0.2) is 242 Å². The normalized spacial score (nSPS) is 18.6. The first kappa shape index (κ1) is 47.5. The molecule has 8 aromatic carbocycles. The van der Waals surface area contributed by atoms with Crippen molar-refractivity contribution in [1.29, 1.82) is 0 Å². The first-order valence-electron chi connectivity index (χ1n) is 27.6. The van der Waals surface area contributed by atoms with E-state index in [4.69, 9.17) is 0 Å². The Kier molecular flexibility index (Phi) is 11.8. The molecule has 0 aliphatic heterocycles. The fourth-order valence-corrected chi connectivity index (χ4v) is 13.5. The van der Waals surface area contributed by atoms with Gasteiger partial charge in [-0.25, -0.2) is 0 Å². The first-order valence-corrected chi connectivity index (χ1v) is 27.6. The van der Waals surface area contributed by atoms with E-state index in [0.29, 0.717) is 11.8 Å². The number of nitrogens with zero attached hydrogens (tertiary/aromatic N) is 2. The Bertz CT molecular complexity index is 3770. The number of benzene rings is 8. The highest BCUT2D eigenvalue weighted by Gasteiger charge is 2.44. The van der Waals surface area contributed by atoms with Crippen LogP contribution in [0.3, 0.4) is 0 Å². The van der Waals surface area contributed by atoms with E-state index in [1.807, 2.05) is 0 Å². The van der Waals surface area contributed by atoms with Gasteiger partial charge in [-0.3, -0.25) is 0 Å². The molecule has 2 heteroatoms. The zero-order valence-corrected chi connectivity index (χ0v) is 44.8. The van der Waals surface area contributed by atoms with Gasteiger partial charge >= 0.3 is 0 Å². The summed E-state index contributed by atoms with van der Waals surface area (Å²) in [5.41, 5.74) is 28.5. The van der Waals surface area contributed by atoms with E-state index < -0.39 is 0 Å². The van der Waals surface area contributed by atoms with Gasteiger partial charge in [-0.1, -0.05) is 198 Å². The van der Waals surface area contributed by atoms with E-state index in [2.05, 4.69) is 282 Å². The minimum absolute atomic E-state index is 0.0287. The third-order valence-electron chi connectivity index (χ3n) is 17.6. The van der Waals surface area contributed by atoms with E-state index in [-0.39, 0.29) is 10.8 Å². The second-order valence-electron chi connectivity index (χ2n) is 22.9. The van der Waals surface area contributed by atoms with E-state index in [0.717, 1.165) is 42.7 Å². The summed E-state index contributed by atoms with van der Waals surface area (Å²) in [4.78, 5) is 5.00. The van der Waals surface area contributed by atoms with Crippen LogP contribution in [-0.2, 0) is 10.8 Å². The summed E-state index contributed by atoms with van der Waals surface area (Å²) in [5.74, 6) is 0.699. The van der Waals surface area contributed by atoms with Crippen LogP contribution in [0.1, 0.15) is 106 Å². The maximum Gasteiger partial charge on any atom is 0.0467 e. The summed E-state index contributed by atoms with van der Waals surface area (Å²) in [7, 11) is 0. The minimum atomic E-state index is -0.112. The lowest BCUT2D eigenvalue weighted by atomic mass is 9.74. The van der Waals surface area contributed by atoms with Gasteiger partial charge in [-0.2, -0.15) is 0 Å². The summed E-state index contributed by atoms with van der Waals surface area (Å²) < 4.78 is 0. The van der Waals surface area contributed by atoms with Crippen LogP contribution in [0.5, 0.6) is 0 Å². The predicted molar refractivity (Wildman–Crippen MR) is 323 cm³/mol. The Hall–Kier alpha value is -8.20. The monoisotopic (exact) mass is 983 g/mol. The molecule has 13 rings (SSSR count). The van der Waals surface area contributed by atoms with Crippen LogP contribution < -0.4 is 9.80 Å². The highest BCUT2D eigenvalue weighted by Crippen LogP contribution is 2.55. The standard InChI is InChI=1S/C74H66N2/c1-49-43-68(56-24-18-26-60(46-56)76(58-37-33-54(34-38-58)52-21-11-8-12-22-52)62-40-42-66-64-28-14-16-30-70(64)74(5,6)72(66)48-62)50(2)44-67(49)55-23-17-25-59(45-55)75(57-35-31-53(32-36-57)51-19-9-7-10-20-51)61-39-41-65-63-27-13-15-29-69(63)73(3,4)71(65)47-61/h7,9-11,13-43,45-47,50,72H,8,12,44,48H2,1-6H3. The number of anilines is 5. The second kappa shape index (κ2) is 18.9. The molecular formula is C74H66N2. The van der Waals surface area contributed by atoms with Gasteiger partial charge in [0.1, 0.15) is 0 Å². The van der Waals surface area contributed by atoms with Crippen LogP contribution in [-0.4, -0.2) is 0 Å². The van der Waals surface area contributed by atoms with Crippen LogP contribution in [0.4, 0.5) is 28.4 Å². The van der Waals surface area contributed by atoms with Crippen molar-refractivity contribution in [2.45, 2.75) is 78.1 Å². The van der Waals surface area contributed by atoms with Crippen LogP contribution in [0.2, 0.25) is 0 Å². The van der Waals surface area contributed by atoms with Crippen molar-refractivity contribution in [2.75, 3.05) is 9.80 Å². The number of hydrogen-bond acceptors (Lipinski definition) is 2. The first-order chi connectivity index (χ1) is 37.0. The molecule has 2 nitrogen and oxygen atoms in total. The van der Waals surface area contributed by atoms with Crippen molar-refractivity contribution >= 4 is 50.7 Å². The molecular weight excluding hydrogens is 917 g/mol. The average molecular weight is 983 g/mol. The van der Waals surface area contributed by atoms with E-state index in [9.17, 15) is 0 Å². The average Bonchev–Trinajstić information content (AvgIpc) is 3.91. The number of allylic oxidation sites excluding steroid dienone is 12. The lowest BCUT2D eigenvalue weighted by Gasteiger charge is -2.36. The molecule has 5 aliphatic carbocycles. The van der Waals surface area contributed by atoms with Crippen molar-refractivity contribution in [3.05, 3.63) is 281 Å². The summed E-state index contributed by atoms with van der Waals surface area (Å²) in [6, 6.07) is 72.9. The predicted octanol–water partition coefficient (Wildman–Crippen LogP) is 20.2. The molecule has 0 N–H and O–H groups in total. The summed E-state index contributed by atoms with van der Waals surface area (Å²) in [5, 5.41) is 0. The molecule has 0 aromatic heterocycles. The van der Waals surface area contributed by atoms with Gasteiger partial charge in [0.2, 0.25) is 0 Å². The SMILES string of the molecule is CC1=C(c2cccc(N(c3ccc(-c4ccccc4)cc3)c3ccc4c(c3)C(C)(C)c3ccccc3-4)c2)CC(C)C(c2cccc(N(C3=CC=C4c5ccccc5C(C)(C)C4C3)c3ccc(C4=CCCC=C4)cc3)c2)=C1. The topological polar surface area (TPSA) is 6.48 Å². The molecule has 0 spiro atoms. The Morgan fingerprint density at radius 1 is 0.447 bits per heavy atom. The van der Waals surface area contributed by atoms with Crippen molar-refractivity contribution < 1.29 is 0 Å². The quantitative estimate of drug-likeness (QED) is 0.135. The van der Waals surface area contributed by atoms with Crippen LogP contribution >= 0.6 is 0 Å². The number of fused-ring (bicyclic) bond motifs is 6. The minimum Gasteiger partial charge on any atom is -0.314 e. The van der Waals surface area contributed by atoms with E-state index in [1.54, 1.807) is 0 Å². The highest BCUT2D eigenvalue weighted by molar-refractivity contribution is 5.89. The molecule has 2 atom stereocenters. The number of hydrogen-bond donors (Lipinski definition) is 0. The highest BCUT2D eigenvalue weighted by atomic mass is 15.2. The molecule has 0 saturated heterocycles. The van der Waals surface area contributed by atoms with Crippen molar-refractivity contribution in [1.82, 2.24) is 0 Å². The van der Waals surface area contributed by atoms with Gasteiger partial charge in [-0.15, -0.1) is 0 Å². The third-order valence-corrected chi connectivity index (χ3v) is 17.6. The molecule has 8 aromatic rings. The van der Waals surface area contributed by atoms with Crippen molar-refractivity contribution in [3.8, 4) is 22.3 Å². The van der Waals surface area contributed by atoms with Crippen molar-refractivity contribution in [3.63, 3.8) is 0 Å². The molecule has 0 bridgehead atoms. The third kappa shape index (κ3) is 8.18. The largest absolute Gasteiger partial charge is 0.314 e. The van der Waals surface area contributed by atoms with Crippen molar-refractivity contribution in [2.24, 2.45) is 11.8 Å². The molecule has 0 heterocycles. The van der Waals surface area contributed by atoms with Gasteiger partial charge < -0.3 is 9.80 Å². The Morgan fingerprint density at radius 3 is 1.79 bits per heavy atom. The molecule has 5 aliphatic rings. The van der Waals surface area contributed by atoms with Gasteiger partial charge in [0.15, 0.2) is 0 Å². The molecule has 372 valence electrons. The fourth-order valence-electron chi connectivity index (χ4n) is 13.5. The molecule has 0 saturated carbocycles. The molecule has 76 heavy (non-hydrogen) atoms. The molecule has 0 fully saturated rings. The summed E-state index contributed by atoms with van der Waals surface area (Å²) in [6.07, 6.45) is 18.4. The van der Waals surface area contributed by atoms with E-state index in [1.165, 1.54) is 106 Å². The van der Waals surface area contributed by atoms with Gasteiger partial charge in [0.05, 0.1) is 0 Å². The molecule has 0 amide bonds. The molecule has 0 radical (unpaired) electrons. The summed E-state index contributed by atoms with van der Waals surface area (Å²) in [6.45, 7) is 14.4. The van der Waals surface area contributed by atoms with Gasteiger partial charge in [0, 0.05) is 39.5 Å². The lowest BCUT2D eigenvalue weighted by molar-refractivity contribution is 0.406. The zero-order valence-electron chi connectivity index (χ0n) is 44.8. The number of rotatable bonds is 10. The maximum absolute atomic E-state index is 2.54. The van der Waals surface area contributed by atoms with E-state index >= 15 is 0 Å². The Morgan fingerprint density at radius 2 is 1.04 bits per heavy atom. The van der Waals surface area contributed by atoms with Crippen LogP contribution in [0.25, 0.3) is 44.5 Å². The summed E-state index contributed by atoms with van der Waals surface area (Å²) >= 11 is 0. The lowest BCUT2D eigenvalue weighted by Crippen LogP contribution is -2.28. The smallest absolute Gasteiger partial charge is 0.0467 e. The zero-order chi connectivity index (χ0) is 51.7. The van der Waals surface area contributed by atoms with Gasteiger partial charge in [0.25, 0.3) is 0 Å². The Balaban J connectivity index is 0.861. The second-order valence-corrected chi connectivity index (χ2v) is 22.9. The maximum atomic E-state index is 2.54. The fraction of sp³-hybridized carbons (Fsp3) is 0.189.